The molecule has 0 unspecified atom stereocenters. The van der Waals surface area contributed by atoms with E-state index in [1.165, 1.54) is 6.42 Å². The molecule has 0 radical (unpaired) electrons. The second-order valence-corrected chi connectivity index (χ2v) is 5.58. The Morgan fingerprint density at radius 1 is 1.37 bits per heavy atom. The van der Waals surface area contributed by atoms with Crippen LogP contribution in [0.5, 0.6) is 0 Å². The van der Waals surface area contributed by atoms with Gasteiger partial charge in [-0.1, -0.05) is 11.2 Å². The first-order valence-electron chi connectivity index (χ1n) is 6.61. The van der Waals surface area contributed by atoms with Crippen LogP contribution in [0.2, 0.25) is 0 Å². The number of aryl methyl sites for hydroxylation is 2. The quantitative estimate of drug-likeness (QED) is 0.912. The van der Waals surface area contributed by atoms with Gasteiger partial charge in [-0.2, -0.15) is 4.98 Å². The summed E-state index contributed by atoms with van der Waals surface area (Å²) in [5.41, 5.74) is 9.01. The van der Waals surface area contributed by atoms with Crippen molar-refractivity contribution in [1.82, 2.24) is 15.1 Å². The van der Waals surface area contributed by atoms with E-state index in [4.69, 9.17) is 10.3 Å². The minimum Gasteiger partial charge on any atom is -0.339 e. The summed E-state index contributed by atoms with van der Waals surface area (Å²) in [5.74, 6) is 1.16. The lowest BCUT2D eigenvalue weighted by atomic mass is 9.75. The van der Waals surface area contributed by atoms with Crippen molar-refractivity contribution < 1.29 is 4.52 Å². The highest BCUT2D eigenvalue weighted by atomic mass is 16.5. The van der Waals surface area contributed by atoms with Crippen molar-refractivity contribution in [2.75, 3.05) is 0 Å². The Labute approximate surface area is 112 Å². The van der Waals surface area contributed by atoms with Crippen LogP contribution in [0.3, 0.4) is 0 Å². The van der Waals surface area contributed by atoms with Gasteiger partial charge in [0.25, 0.3) is 0 Å². The van der Waals surface area contributed by atoms with Crippen molar-refractivity contribution in [3.63, 3.8) is 0 Å². The monoisotopic (exact) mass is 258 g/mol. The normalized spacial score (nSPS) is 17.2. The summed E-state index contributed by atoms with van der Waals surface area (Å²) in [6, 6.07) is 2.06. The predicted molar refractivity (Wildman–Crippen MR) is 71.5 cm³/mol. The lowest BCUT2D eigenvalue weighted by Gasteiger charge is -2.36. The van der Waals surface area contributed by atoms with Gasteiger partial charge in [0.15, 0.2) is 0 Å². The van der Waals surface area contributed by atoms with Crippen molar-refractivity contribution in [2.24, 2.45) is 5.73 Å². The van der Waals surface area contributed by atoms with Crippen LogP contribution < -0.4 is 5.73 Å². The molecule has 0 amide bonds. The van der Waals surface area contributed by atoms with Crippen LogP contribution in [0.25, 0.3) is 11.5 Å². The van der Waals surface area contributed by atoms with Crippen LogP contribution in [0.1, 0.15) is 36.3 Å². The van der Waals surface area contributed by atoms with Crippen molar-refractivity contribution >= 4 is 0 Å². The standard InChI is InChI=1S/C14H18N4O/c1-9-6-10(2)12(16-8-9)13-17-11(19-18-13)7-14(15)4-3-5-14/h6,8H,3-5,7,15H2,1-2H3. The third kappa shape index (κ3) is 2.38. The van der Waals surface area contributed by atoms with Gasteiger partial charge in [0.05, 0.1) is 0 Å². The zero-order valence-corrected chi connectivity index (χ0v) is 11.3. The minimum absolute atomic E-state index is 0.139. The number of pyridine rings is 1. The lowest BCUT2D eigenvalue weighted by molar-refractivity contribution is 0.222. The van der Waals surface area contributed by atoms with Crippen LogP contribution in [0.4, 0.5) is 0 Å². The molecule has 19 heavy (non-hydrogen) atoms. The van der Waals surface area contributed by atoms with Gasteiger partial charge in [-0.3, -0.25) is 4.98 Å². The summed E-state index contributed by atoms with van der Waals surface area (Å²) in [7, 11) is 0. The largest absolute Gasteiger partial charge is 0.339 e. The van der Waals surface area contributed by atoms with E-state index in [0.29, 0.717) is 18.1 Å². The van der Waals surface area contributed by atoms with E-state index in [0.717, 1.165) is 29.7 Å². The number of hydrogen-bond donors (Lipinski definition) is 1. The zero-order chi connectivity index (χ0) is 13.5. The van der Waals surface area contributed by atoms with Crippen LogP contribution in [0.15, 0.2) is 16.8 Å². The smallest absolute Gasteiger partial charge is 0.228 e. The van der Waals surface area contributed by atoms with Crippen molar-refractivity contribution in [2.45, 2.75) is 45.1 Å². The third-order valence-corrected chi connectivity index (χ3v) is 3.75. The molecule has 3 rings (SSSR count). The Hall–Kier alpha value is -1.75. The molecular formula is C14H18N4O. The Balaban J connectivity index is 1.84. The van der Waals surface area contributed by atoms with Gasteiger partial charge in [-0.15, -0.1) is 0 Å². The third-order valence-electron chi connectivity index (χ3n) is 3.75. The van der Waals surface area contributed by atoms with Gasteiger partial charge >= 0.3 is 0 Å². The highest BCUT2D eigenvalue weighted by Gasteiger charge is 2.34. The Bertz CT molecular complexity index is 601. The number of hydrogen-bond acceptors (Lipinski definition) is 5. The van der Waals surface area contributed by atoms with E-state index in [2.05, 4.69) is 21.2 Å². The summed E-state index contributed by atoms with van der Waals surface area (Å²) in [4.78, 5) is 8.79. The molecule has 1 aliphatic carbocycles. The average molecular weight is 258 g/mol. The van der Waals surface area contributed by atoms with Gasteiger partial charge in [0, 0.05) is 18.2 Å². The summed E-state index contributed by atoms with van der Waals surface area (Å²) in [6.07, 6.45) is 5.73. The second kappa shape index (κ2) is 4.42. The molecule has 2 aromatic heterocycles. The Morgan fingerprint density at radius 2 is 2.16 bits per heavy atom. The van der Waals surface area contributed by atoms with Gasteiger partial charge in [-0.25, -0.2) is 0 Å². The van der Waals surface area contributed by atoms with Gasteiger partial charge in [-0.05, 0) is 44.2 Å². The predicted octanol–water partition coefficient (Wildman–Crippen LogP) is 2.17. The molecule has 100 valence electrons. The fraction of sp³-hybridized carbons (Fsp3) is 0.500. The summed E-state index contributed by atoms with van der Waals surface area (Å²) in [6.45, 7) is 4.02. The molecule has 1 fully saturated rings. The first kappa shape index (κ1) is 12.3. The van der Waals surface area contributed by atoms with E-state index >= 15 is 0 Å². The molecule has 5 heteroatoms. The lowest BCUT2D eigenvalue weighted by Crippen LogP contribution is -2.48. The number of nitrogens with zero attached hydrogens (tertiary/aromatic N) is 3. The van der Waals surface area contributed by atoms with E-state index in [1.54, 1.807) is 0 Å². The summed E-state index contributed by atoms with van der Waals surface area (Å²) >= 11 is 0. The maximum atomic E-state index is 6.19. The summed E-state index contributed by atoms with van der Waals surface area (Å²) in [5, 5.41) is 4.02. The van der Waals surface area contributed by atoms with Crippen molar-refractivity contribution in [1.29, 1.82) is 0 Å². The van der Waals surface area contributed by atoms with E-state index < -0.39 is 0 Å². The molecule has 0 aliphatic heterocycles. The highest BCUT2D eigenvalue weighted by Crippen LogP contribution is 2.32. The number of nitrogens with two attached hydrogens (primary N) is 1. The molecule has 1 saturated carbocycles. The van der Waals surface area contributed by atoms with Crippen LogP contribution in [-0.2, 0) is 6.42 Å². The fourth-order valence-electron chi connectivity index (χ4n) is 2.48. The maximum Gasteiger partial charge on any atom is 0.228 e. The molecule has 0 atom stereocenters. The molecule has 0 aromatic carbocycles. The Morgan fingerprint density at radius 3 is 2.79 bits per heavy atom. The molecule has 2 aromatic rings. The SMILES string of the molecule is Cc1cnc(-c2noc(CC3(N)CCC3)n2)c(C)c1. The van der Waals surface area contributed by atoms with E-state index in [-0.39, 0.29) is 5.54 Å². The second-order valence-electron chi connectivity index (χ2n) is 5.58. The molecule has 0 bridgehead atoms. The zero-order valence-electron chi connectivity index (χ0n) is 11.3. The van der Waals surface area contributed by atoms with Gasteiger partial charge in [0.1, 0.15) is 5.69 Å². The average Bonchev–Trinajstić information content (AvgIpc) is 2.75. The molecule has 2 heterocycles. The van der Waals surface area contributed by atoms with Crippen LogP contribution in [-0.4, -0.2) is 20.7 Å². The molecular weight excluding hydrogens is 240 g/mol. The molecule has 5 nitrogen and oxygen atoms in total. The van der Waals surface area contributed by atoms with Crippen molar-refractivity contribution in [3.05, 3.63) is 29.3 Å². The van der Waals surface area contributed by atoms with E-state index in [9.17, 15) is 0 Å². The first-order valence-corrected chi connectivity index (χ1v) is 6.61. The van der Waals surface area contributed by atoms with Crippen LogP contribution in [0, 0.1) is 13.8 Å². The van der Waals surface area contributed by atoms with E-state index in [1.807, 2.05) is 20.0 Å². The van der Waals surface area contributed by atoms with Gasteiger partial charge < -0.3 is 10.3 Å². The summed E-state index contributed by atoms with van der Waals surface area (Å²) < 4.78 is 5.29. The highest BCUT2D eigenvalue weighted by molar-refractivity contribution is 5.54. The maximum absolute atomic E-state index is 6.19. The molecule has 0 saturated heterocycles. The van der Waals surface area contributed by atoms with Gasteiger partial charge in [0.2, 0.25) is 11.7 Å². The Kier molecular flexibility index (Phi) is 2.86. The molecule has 2 N–H and O–H groups in total. The first-order chi connectivity index (χ1) is 9.06. The van der Waals surface area contributed by atoms with Crippen LogP contribution >= 0.6 is 0 Å². The van der Waals surface area contributed by atoms with Crippen molar-refractivity contribution in [3.8, 4) is 11.5 Å². The number of aromatic nitrogens is 3. The minimum atomic E-state index is -0.139. The molecule has 0 spiro atoms. The molecule has 1 aliphatic rings. The topological polar surface area (TPSA) is 77.8 Å². The fourth-order valence-corrected chi connectivity index (χ4v) is 2.48. The number of rotatable bonds is 3.